The van der Waals surface area contributed by atoms with Gasteiger partial charge in [0.2, 0.25) is 0 Å². The topological polar surface area (TPSA) is 39.9 Å². The summed E-state index contributed by atoms with van der Waals surface area (Å²) in [5, 5.41) is 10.1. The second-order valence-corrected chi connectivity index (χ2v) is 5.18. The van der Waals surface area contributed by atoms with Gasteiger partial charge in [-0.25, -0.2) is 4.98 Å². The normalized spacial score (nSPS) is 10.6. The zero-order valence-electron chi connectivity index (χ0n) is 13.2. The van der Waals surface area contributed by atoms with Crippen LogP contribution in [0.4, 0.5) is 5.82 Å². The first-order valence-electron chi connectivity index (χ1n) is 7.77. The molecule has 0 aliphatic rings. The molecule has 0 spiro atoms. The highest BCUT2D eigenvalue weighted by molar-refractivity contribution is 5.82. The van der Waals surface area contributed by atoms with E-state index in [0.717, 1.165) is 37.3 Å². The van der Waals surface area contributed by atoms with Crippen molar-refractivity contribution in [1.82, 2.24) is 4.98 Å². The summed E-state index contributed by atoms with van der Waals surface area (Å²) in [5.74, 6) is 1.03. The van der Waals surface area contributed by atoms with E-state index in [4.69, 9.17) is 10.2 Å². The minimum absolute atomic E-state index is 0.537. The van der Waals surface area contributed by atoms with E-state index >= 15 is 0 Å². The molecule has 1 aromatic carbocycles. The molecule has 3 nitrogen and oxygen atoms in total. The molecule has 110 valence electrons. The highest BCUT2D eigenvalue weighted by atomic mass is 15.2. The van der Waals surface area contributed by atoms with Crippen LogP contribution in [0.15, 0.2) is 24.3 Å². The number of nitriles is 1. The van der Waals surface area contributed by atoms with Gasteiger partial charge in [-0.3, -0.25) is 0 Å². The van der Waals surface area contributed by atoms with E-state index in [1.165, 1.54) is 16.5 Å². The molecule has 0 saturated heterocycles. The number of anilines is 1. The van der Waals surface area contributed by atoms with Gasteiger partial charge in [-0.15, -0.1) is 0 Å². The molecule has 0 N–H and O–H groups in total. The van der Waals surface area contributed by atoms with E-state index < -0.39 is 0 Å². The molecule has 21 heavy (non-hydrogen) atoms. The minimum atomic E-state index is 0.537. The lowest BCUT2D eigenvalue weighted by Gasteiger charge is -2.23. The summed E-state index contributed by atoms with van der Waals surface area (Å²) < 4.78 is 0. The zero-order chi connectivity index (χ0) is 15.2. The van der Waals surface area contributed by atoms with Crippen molar-refractivity contribution >= 4 is 16.7 Å². The predicted molar refractivity (Wildman–Crippen MR) is 88.6 cm³/mol. The molecule has 2 aromatic rings. The molecule has 0 unspecified atom stereocenters. The molecule has 0 bridgehead atoms. The number of aromatic nitrogens is 1. The number of hydrogen-bond donors (Lipinski definition) is 0. The van der Waals surface area contributed by atoms with Crippen LogP contribution in [0.25, 0.3) is 10.9 Å². The second kappa shape index (κ2) is 7.08. The predicted octanol–water partition coefficient (Wildman–Crippen LogP) is 4.10. The number of rotatable bonds is 6. The van der Waals surface area contributed by atoms with E-state index in [1.807, 2.05) is 0 Å². The largest absolute Gasteiger partial charge is 0.357 e. The van der Waals surface area contributed by atoms with E-state index in [-0.39, 0.29) is 0 Å². The van der Waals surface area contributed by atoms with Gasteiger partial charge < -0.3 is 4.90 Å². The Hall–Kier alpha value is -2.08. The average molecular weight is 281 g/mol. The van der Waals surface area contributed by atoms with Crippen LogP contribution in [0.2, 0.25) is 0 Å². The van der Waals surface area contributed by atoms with Crippen LogP contribution in [-0.4, -0.2) is 18.1 Å². The molecule has 0 radical (unpaired) electrons. The molecule has 0 saturated carbocycles. The summed E-state index contributed by atoms with van der Waals surface area (Å²) in [6, 6.07) is 10.9. The van der Waals surface area contributed by atoms with E-state index in [0.29, 0.717) is 6.42 Å². The highest BCUT2D eigenvalue weighted by Gasteiger charge is 2.12. The Kier molecular flexibility index (Phi) is 5.16. The smallest absolute Gasteiger partial charge is 0.132 e. The molecule has 1 heterocycles. The first-order valence-corrected chi connectivity index (χ1v) is 7.77. The quantitative estimate of drug-likeness (QED) is 0.800. The standard InChI is InChI=1S/C18H23N3/c1-4-14-9-10-17-16(12-14)13-15(8-7-11-19)18(20-17)21(5-2)6-3/h9-10,12-13H,4-8H2,1-3H3. The monoisotopic (exact) mass is 281 g/mol. The van der Waals surface area contributed by atoms with Gasteiger partial charge in [0.25, 0.3) is 0 Å². The van der Waals surface area contributed by atoms with Crippen molar-refractivity contribution < 1.29 is 0 Å². The summed E-state index contributed by atoms with van der Waals surface area (Å²) in [6.45, 7) is 8.31. The van der Waals surface area contributed by atoms with Gasteiger partial charge in [0, 0.05) is 24.9 Å². The average Bonchev–Trinajstić information content (AvgIpc) is 2.53. The number of aryl methyl sites for hydroxylation is 2. The van der Waals surface area contributed by atoms with E-state index in [2.05, 4.69) is 56.0 Å². The van der Waals surface area contributed by atoms with Gasteiger partial charge in [-0.1, -0.05) is 13.0 Å². The maximum absolute atomic E-state index is 8.88. The van der Waals surface area contributed by atoms with Gasteiger partial charge in [0.15, 0.2) is 0 Å². The van der Waals surface area contributed by atoms with Crippen molar-refractivity contribution in [3.05, 3.63) is 35.4 Å². The Balaban J connectivity index is 2.56. The minimum Gasteiger partial charge on any atom is -0.357 e. The highest BCUT2D eigenvalue weighted by Crippen LogP contribution is 2.25. The maximum atomic E-state index is 8.88. The van der Waals surface area contributed by atoms with Crippen LogP contribution in [0.3, 0.4) is 0 Å². The molecular formula is C18H23N3. The Bertz CT molecular complexity index is 651. The fourth-order valence-electron chi connectivity index (χ4n) is 2.65. The molecule has 0 atom stereocenters. The van der Waals surface area contributed by atoms with Crippen LogP contribution in [0.5, 0.6) is 0 Å². The Morgan fingerprint density at radius 1 is 1.14 bits per heavy atom. The lowest BCUT2D eigenvalue weighted by molar-refractivity contribution is 0.833. The molecule has 3 heteroatoms. The molecule has 0 amide bonds. The molecular weight excluding hydrogens is 258 g/mol. The van der Waals surface area contributed by atoms with Crippen LogP contribution < -0.4 is 4.90 Å². The Labute approximate surface area is 127 Å². The molecule has 0 aliphatic carbocycles. The third-order valence-corrected chi connectivity index (χ3v) is 3.91. The fraction of sp³-hybridized carbons (Fsp3) is 0.444. The number of nitrogens with zero attached hydrogens (tertiary/aromatic N) is 3. The van der Waals surface area contributed by atoms with Crippen molar-refractivity contribution in [2.75, 3.05) is 18.0 Å². The van der Waals surface area contributed by atoms with Crippen molar-refractivity contribution in [1.29, 1.82) is 5.26 Å². The summed E-state index contributed by atoms with van der Waals surface area (Å²) in [6.07, 6.45) is 2.33. The first kappa shape index (κ1) is 15.3. The van der Waals surface area contributed by atoms with Crippen LogP contribution in [0.1, 0.15) is 38.3 Å². The first-order chi connectivity index (χ1) is 10.2. The number of pyridine rings is 1. The summed E-state index contributed by atoms with van der Waals surface area (Å²) in [4.78, 5) is 7.13. The van der Waals surface area contributed by atoms with Crippen LogP contribution >= 0.6 is 0 Å². The second-order valence-electron chi connectivity index (χ2n) is 5.18. The Morgan fingerprint density at radius 3 is 2.52 bits per heavy atom. The molecule has 0 fully saturated rings. The van der Waals surface area contributed by atoms with Crippen LogP contribution in [-0.2, 0) is 12.8 Å². The van der Waals surface area contributed by atoms with Gasteiger partial charge in [-0.05, 0) is 56.0 Å². The van der Waals surface area contributed by atoms with Crippen LogP contribution in [0, 0.1) is 11.3 Å². The molecule has 1 aromatic heterocycles. The van der Waals surface area contributed by atoms with Crippen molar-refractivity contribution in [3.8, 4) is 6.07 Å². The summed E-state index contributed by atoms with van der Waals surface area (Å²) >= 11 is 0. The van der Waals surface area contributed by atoms with E-state index in [9.17, 15) is 0 Å². The van der Waals surface area contributed by atoms with Gasteiger partial charge >= 0.3 is 0 Å². The molecule has 2 rings (SSSR count). The van der Waals surface area contributed by atoms with Gasteiger partial charge in [0.1, 0.15) is 5.82 Å². The van der Waals surface area contributed by atoms with Gasteiger partial charge in [0.05, 0.1) is 11.6 Å². The van der Waals surface area contributed by atoms with Crippen molar-refractivity contribution in [3.63, 3.8) is 0 Å². The van der Waals surface area contributed by atoms with Crippen molar-refractivity contribution in [2.24, 2.45) is 0 Å². The summed E-state index contributed by atoms with van der Waals surface area (Å²) in [7, 11) is 0. The third-order valence-electron chi connectivity index (χ3n) is 3.91. The Morgan fingerprint density at radius 2 is 1.90 bits per heavy atom. The SMILES string of the molecule is CCc1ccc2nc(N(CC)CC)c(CCC#N)cc2c1. The lowest BCUT2D eigenvalue weighted by atomic mass is 10.0. The van der Waals surface area contributed by atoms with Gasteiger partial charge in [-0.2, -0.15) is 5.26 Å². The van der Waals surface area contributed by atoms with Crippen molar-refractivity contribution in [2.45, 2.75) is 40.0 Å². The zero-order valence-corrected chi connectivity index (χ0v) is 13.2. The number of benzene rings is 1. The fourth-order valence-corrected chi connectivity index (χ4v) is 2.65. The number of fused-ring (bicyclic) bond motifs is 1. The summed E-state index contributed by atoms with van der Waals surface area (Å²) in [5.41, 5.74) is 3.54. The number of hydrogen-bond acceptors (Lipinski definition) is 3. The molecule has 0 aliphatic heterocycles. The van der Waals surface area contributed by atoms with E-state index in [1.54, 1.807) is 0 Å². The lowest BCUT2D eigenvalue weighted by Crippen LogP contribution is -2.24. The maximum Gasteiger partial charge on any atom is 0.132 e. The third kappa shape index (κ3) is 3.33.